The standard InChI is InChI=1S/C8H9N5/c1-13-8-6(4-12-13)2-5(3-11-8)7(9)10/h2-4H,1H3,(H3,9,10). The number of rotatable bonds is 1. The van der Waals surface area contributed by atoms with Gasteiger partial charge in [0.1, 0.15) is 5.84 Å². The average molecular weight is 175 g/mol. The molecule has 0 saturated heterocycles. The Labute approximate surface area is 74.7 Å². The predicted octanol–water partition coefficient (Wildman–Crippen LogP) is 0.252. The van der Waals surface area contributed by atoms with E-state index in [1.807, 2.05) is 7.05 Å². The lowest BCUT2D eigenvalue weighted by Gasteiger charge is -1.97. The van der Waals surface area contributed by atoms with Crippen LogP contribution in [0, 0.1) is 5.41 Å². The summed E-state index contributed by atoms with van der Waals surface area (Å²) in [5, 5.41) is 12.2. The molecule has 2 rings (SSSR count). The Morgan fingerprint density at radius 1 is 1.54 bits per heavy atom. The molecule has 0 bridgehead atoms. The van der Waals surface area contributed by atoms with Gasteiger partial charge < -0.3 is 5.73 Å². The number of nitrogens with one attached hydrogen (secondary N) is 1. The number of nitrogen functional groups attached to an aromatic ring is 1. The van der Waals surface area contributed by atoms with Crippen molar-refractivity contribution in [3.05, 3.63) is 24.0 Å². The Bertz CT molecular complexity index is 470. The van der Waals surface area contributed by atoms with E-state index in [2.05, 4.69) is 10.1 Å². The van der Waals surface area contributed by atoms with Gasteiger partial charge >= 0.3 is 0 Å². The van der Waals surface area contributed by atoms with Gasteiger partial charge in [0, 0.05) is 24.2 Å². The van der Waals surface area contributed by atoms with E-state index in [1.54, 1.807) is 23.1 Å². The summed E-state index contributed by atoms with van der Waals surface area (Å²) in [7, 11) is 1.82. The highest BCUT2D eigenvalue weighted by atomic mass is 15.3. The number of hydrogen-bond acceptors (Lipinski definition) is 3. The Morgan fingerprint density at radius 2 is 2.31 bits per heavy atom. The molecule has 2 aromatic rings. The first-order chi connectivity index (χ1) is 6.18. The molecule has 0 aromatic carbocycles. The molecule has 66 valence electrons. The number of nitrogens with two attached hydrogens (primary N) is 1. The molecule has 13 heavy (non-hydrogen) atoms. The minimum Gasteiger partial charge on any atom is -0.384 e. The van der Waals surface area contributed by atoms with Crippen LogP contribution in [0.2, 0.25) is 0 Å². The van der Waals surface area contributed by atoms with Crippen LogP contribution >= 0.6 is 0 Å². The second kappa shape index (κ2) is 2.55. The summed E-state index contributed by atoms with van der Waals surface area (Å²) in [6.07, 6.45) is 3.28. The van der Waals surface area contributed by atoms with Crippen LogP contribution in [-0.4, -0.2) is 20.6 Å². The van der Waals surface area contributed by atoms with Crippen molar-refractivity contribution in [2.45, 2.75) is 0 Å². The molecule has 0 aliphatic rings. The van der Waals surface area contributed by atoms with Crippen LogP contribution in [-0.2, 0) is 7.05 Å². The van der Waals surface area contributed by atoms with Gasteiger partial charge in [-0.05, 0) is 6.07 Å². The van der Waals surface area contributed by atoms with Crippen LogP contribution in [0.4, 0.5) is 0 Å². The fraction of sp³-hybridized carbons (Fsp3) is 0.125. The van der Waals surface area contributed by atoms with Crippen LogP contribution in [0.5, 0.6) is 0 Å². The molecule has 0 amide bonds. The van der Waals surface area contributed by atoms with Crippen LogP contribution in [0.15, 0.2) is 18.5 Å². The topological polar surface area (TPSA) is 80.6 Å². The van der Waals surface area contributed by atoms with Crippen molar-refractivity contribution in [2.24, 2.45) is 12.8 Å². The Morgan fingerprint density at radius 3 is 3.00 bits per heavy atom. The first kappa shape index (κ1) is 7.72. The molecule has 2 aromatic heterocycles. The quantitative estimate of drug-likeness (QED) is 0.481. The van der Waals surface area contributed by atoms with Gasteiger partial charge in [-0.15, -0.1) is 0 Å². The van der Waals surface area contributed by atoms with E-state index >= 15 is 0 Å². The molecule has 0 aliphatic heterocycles. The Hall–Kier alpha value is -1.91. The Balaban J connectivity index is 2.70. The summed E-state index contributed by atoms with van der Waals surface area (Å²) >= 11 is 0. The maximum atomic E-state index is 7.23. The monoisotopic (exact) mass is 175 g/mol. The zero-order valence-corrected chi connectivity index (χ0v) is 7.15. The molecule has 0 atom stereocenters. The normalized spacial score (nSPS) is 10.5. The molecule has 0 spiro atoms. The molecule has 3 N–H and O–H groups in total. The SMILES string of the molecule is Cn1ncc2cc(C(=N)N)cnc21. The van der Waals surface area contributed by atoms with E-state index in [4.69, 9.17) is 11.1 Å². The first-order valence-corrected chi connectivity index (χ1v) is 3.80. The molecule has 5 heteroatoms. The van der Waals surface area contributed by atoms with Crippen molar-refractivity contribution in [3.8, 4) is 0 Å². The third-order valence-electron chi connectivity index (χ3n) is 1.88. The van der Waals surface area contributed by atoms with Gasteiger partial charge in [0.15, 0.2) is 5.65 Å². The molecule has 0 fully saturated rings. The van der Waals surface area contributed by atoms with Crippen molar-refractivity contribution in [1.29, 1.82) is 5.41 Å². The van der Waals surface area contributed by atoms with Crippen LogP contribution < -0.4 is 5.73 Å². The highest BCUT2D eigenvalue weighted by Gasteiger charge is 2.03. The number of hydrogen-bond donors (Lipinski definition) is 2. The van der Waals surface area contributed by atoms with E-state index < -0.39 is 0 Å². The third-order valence-corrected chi connectivity index (χ3v) is 1.88. The lowest BCUT2D eigenvalue weighted by atomic mass is 10.2. The number of amidine groups is 1. The average Bonchev–Trinajstić information content (AvgIpc) is 2.47. The second-order valence-corrected chi connectivity index (χ2v) is 2.82. The smallest absolute Gasteiger partial charge is 0.157 e. The van der Waals surface area contributed by atoms with Gasteiger partial charge in [0.05, 0.1) is 6.20 Å². The lowest BCUT2D eigenvalue weighted by Crippen LogP contribution is -2.11. The molecule has 2 heterocycles. The van der Waals surface area contributed by atoms with Crippen molar-refractivity contribution in [2.75, 3.05) is 0 Å². The van der Waals surface area contributed by atoms with Gasteiger partial charge in [0.25, 0.3) is 0 Å². The summed E-state index contributed by atoms with van der Waals surface area (Å²) in [6, 6.07) is 1.80. The molecular weight excluding hydrogens is 166 g/mol. The molecule has 0 radical (unpaired) electrons. The predicted molar refractivity (Wildman–Crippen MR) is 49.5 cm³/mol. The first-order valence-electron chi connectivity index (χ1n) is 3.80. The molecule has 0 saturated carbocycles. The molecule has 0 aliphatic carbocycles. The minimum atomic E-state index is 0.0262. The molecular formula is C8H9N5. The van der Waals surface area contributed by atoms with Gasteiger partial charge in [0.2, 0.25) is 0 Å². The maximum Gasteiger partial charge on any atom is 0.157 e. The zero-order chi connectivity index (χ0) is 9.42. The van der Waals surface area contributed by atoms with E-state index in [9.17, 15) is 0 Å². The molecule has 0 unspecified atom stereocenters. The number of pyridine rings is 1. The maximum absolute atomic E-state index is 7.23. The van der Waals surface area contributed by atoms with Crippen molar-refractivity contribution in [1.82, 2.24) is 14.8 Å². The van der Waals surface area contributed by atoms with E-state index in [0.717, 1.165) is 11.0 Å². The van der Waals surface area contributed by atoms with Gasteiger partial charge in [-0.1, -0.05) is 0 Å². The fourth-order valence-electron chi connectivity index (χ4n) is 1.19. The second-order valence-electron chi connectivity index (χ2n) is 2.82. The fourth-order valence-corrected chi connectivity index (χ4v) is 1.19. The van der Waals surface area contributed by atoms with E-state index in [0.29, 0.717) is 5.56 Å². The van der Waals surface area contributed by atoms with Crippen molar-refractivity contribution < 1.29 is 0 Å². The Kier molecular flexibility index (Phi) is 1.51. The summed E-state index contributed by atoms with van der Waals surface area (Å²) in [4.78, 5) is 4.14. The van der Waals surface area contributed by atoms with Gasteiger partial charge in [-0.3, -0.25) is 10.1 Å². The number of nitrogens with zero attached hydrogens (tertiary/aromatic N) is 3. The van der Waals surface area contributed by atoms with Gasteiger partial charge in [-0.2, -0.15) is 5.10 Å². The van der Waals surface area contributed by atoms with E-state index in [-0.39, 0.29) is 5.84 Å². The van der Waals surface area contributed by atoms with Gasteiger partial charge in [-0.25, -0.2) is 4.98 Å². The molecule has 5 nitrogen and oxygen atoms in total. The number of aryl methyl sites for hydroxylation is 1. The highest BCUT2D eigenvalue weighted by molar-refractivity contribution is 5.97. The summed E-state index contributed by atoms with van der Waals surface area (Å²) in [6.45, 7) is 0. The summed E-state index contributed by atoms with van der Waals surface area (Å²) in [5.74, 6) is 0.0262. The van der Waals surface area contributed by atoms with Crippen molar-refractivity contribution >= 4 is 16.9 Å². The van der Waals surface area contributed by atoms with E-state index in [1.165, 1.54) is 0 Å². The summed E-state index contributed by atoms with van der Waals surface area (Å²) < 4.78 is 1.68. The lowest BCUT2D eigenvalue weighted by molar-refractivity contribution is 0.786. The highest BCUT2D eigenvalue weighted by Crippen LogP contribution is 2.10. The minimum absolute atomic E-state index is 0.0262. The number of fused-ring (bicyclic) bond motifs is 1. The van der Waals surface area contributed by atoms with Crippen LogP contribution in [0.3, 0.4) is 0 Å². The van der Waals surface area contributed by atoms with Crippen molar-refractivity contribution in [3.63, 3.8) is 0 Å². The van der Waals surface area contributed by atoms with Crippen LogP contribution in [0.1, 0.15) is 5.56 Å². The summed E-state index contributed by atoms with van der Waals surface area (Å²) in [5.41, 5.74) is 6.75. The zero-order valence-electron chi connectivity index (χ0n) is 7.15. The van der Waals surface area contributed by atoms with Crippen LogP contribution in [0.25, 0.3) is 11.0 Å². The third kappa shape index (κ3) is 1.14. The largest absolute Gasteiger partial charge is 0.384 e. The number of aromatic nitrogens is 3.